The van der Waals surface area contributed by atoms with E-state index in [4.69, 9.17) is 88.7 Å². The molecule has 18 N–H and O–H groups in total. The van der Waals surface area contributed by atoms with E-state index in [9.17, 15) is 75.0 Å². The minimum absolute atomic E-state index is 0. The van der Waals surface area contributed by atoms with E-state index in [0.717, 1.165) is 51.0 Å². The van der Waals surface area contributed by atoms with Crippen LogP contribution in [0.4, 0.5) is 28.8 Å². The van der Waals surface area contributed by atoms with Crippen LogP contribution in [0.1, 0.15) is 277 Å². The monoisotopic (exact) mass is 2180 g/mol. The minimum Gasteiger partial charge on any atom is -0.507 e. The quantitative estimate of drug-likeness (QED) is 0.00222. The van der Waals surface area contributed by atoms with Gasteiger partial charge in [-0.2, -0.15) is 8.42 Å². The number of benzene rings is 3. The van der Waals surface area contributed by atoms with Gasteiger partial charge in [0.25, 0.3) is 21.9 Å². The second kappa shape index (κ2) is 90.2. The number of carbonyl (C=O) groups excluding carboxylic acids is 9. The summed E-state index contributed by atoms with van der Waals surface area (Å²) in [5.74, 6) is -2.13. The van der Waals surface area contributed by atoms with Gasteiger partial charge < -0.3 is 124 Å². The maximum atomic E-state index is 12.2. The Morgan fingerprint density at radius 3 is 1.01 bits per heavy atom. The van der Waals surface area contributed by atoms with Crippen LogP contribution in [-0.4, -0.2) is 242 Å². The normalized spacial score (nSPS) is 12.3. The predicted octanol–water partition coefficient (Wildman–Crippen LogP) is 15.8. The number of halogens is 2. The molecule has 44 nitrogen and oxygen atoms in total. The molecule has 7 amide bonds. The molecule has 0 aliphatic rings. The molecule has 0 saturated heterocycles. The van der Waals surface area contributed by atoms with E-state index in [-0.39, 0.29) is 146 Å². The molecular formula is C98H171Cl2N16NaO28S2. The first-order valence-corrected chi connectivity index (χ1v) is 50.3. The Labute approximate surface area is 903 Å². The number of azide groups is 1. The summed E-state index contributed by atoms with van der Waals surface area (Å²) in [6.45, 7) is 47.6. The molecule has 3 rings (SSSR count). The Morgan fingerprint density at radius 1 is 0.456 bits per heavy atom. The van der Waals surface area contributed by atoms with E-state index < -0.39 is 108 Å². The van der Waals surface area contributed by atoms with E-state index in [1.54, 1.807) is 180 Å². The first-order valence-electron chi connectivity index (χ1n) is 45.4. The number of aromatic carboxylic acids is 1. The number of hydrogen-bond donors (Lipinski definition) is 16. The van der Waals surface area contributed by atoms with Gasteiger partial charge in [-0.05, 0) is 265 Å². The topological polar surface area (TPSA) is 690 Å². The molecule has 7 atom stereocenters. The third-order valence-electron chi connectivity index (χ3n) is 14.0. The zero-order valence-electron chi connectivity index (χ0n) is 89.6. The largest absolute Gasteiger partial charge is 1.00 e. The van der Waals surface area contributed by atoms with Crippen molar-refractivity contribution in [1.82, 2.24) is 42.1 Å². The summed E-state index contributed by atoms with van der Waals surface area (Å²) in [7, 11) is -2.19. The maximum absolute atomic E-state index is 12.2. The van der Waals surface area contributed by atoms with Gasteiger partial charge in [-0.25, -0.2) is 46.8 Å². The second-order valence-corrected chi connectivity index (χ2v) is 41.5. The number of carbonyl (C=O) groups is 10. The van der Waals surface area contributed by atoms with Crippen LogP contribution in [-0.2, 0) is 61.3 Å². The average Bonchev–Trinajstić information content (AvgIpc) is 0.872. The van der Waals surface area contributed by atoms with E-state index >= 15 is 0 Å². The number of nitrogens with two attached hydrogens (primary N) is 2. The van der Waals surface area contributed by atoms with Crippen molar-refractivity contribution in [2.75, 3.05) is 58.3 Å². The third kappa shape index (κ3) is 131. The number of nitrogens with one attached hydrogen (secondary N) is 8. The van der Waals surface area contributed by atoms with Gasteiger partial charge in [0.15, 0.2) is 0 Å². The van der Waals surface area contributed by atoms with Crippen molar-refractivity contribution in [2.24, 2.45) is 16.6 Å². The number of allylic oxidation sites excluding steroid dienone is 12. The number of phenols is 3. The number of carboxylic acid groups (broad SMARTS) is 1. The summed E-state index contributed by atoms with van der Waals surface area (Å²) < 4.78 is 78.6. The number of aromatic hydroxyl groups is 3. The molecular weight excluding hydrogens is 2010 g/mol. The summed E-state index contributed by atoms with van der Waals surface area (Å²) in [5, 5.41) is 75.1. The molecule has 3 aromatic rings. The van der Waals surface area contributed by atoms with Gasteiger partial charge in [0, 0.05) is 86.0 Å². The van der Waals surface area contributed by atoms with Crippen LogP contribution in [0.3, 0.4) is 0 Å². The maximum Gasteiger partial charge on any atom is 1.00 e. The number of alkyl carbamates (subject to hydrolysis) is 4. The van der Waals surface area contributed by atoms with Crippen LogP contribution in [0.15, 0.2) is 151 Å². The van der Waals surface area contributed by atoms with E-state index in [1.807, 2.05) is 47.6 Å². The molecule has 147 heavy (non-hydrogen) atoms. The van der Waals surface area contributed by atoms with Crippen LogP contribution >= 0.6 is 22.5 Å². The number of nitrogens with zero attached hydrogens (tertiary/aromatic N) is 6. The number of phenolic OH excluding ortho intramolecular Hbond substituents is 2. The van der Waals surface area contributed by atoms with E-state index in [0.29, 0.717) is 39.0 Å². The zero-order valence-corrected chi connectivity index (χ0v) is 94.7. The molecule has 0 radical (unpaired) electrons. The molecule has 0 aromatic heterocycles. The number of aliphatic hydroxyl groups is 2. The molecule has 0 fully saturated rings. The van der Waals surface area contributed by atoms with Crippen molar-refractivity contribution in [3.8, 4) is 17.2 Å². The van der Waals surface area contributed by atoms with Crippen molar-refractivity contribution in [3.05, 3.63) is 189 Å². The standard InChI is InChI=1S/C32H44N2O3.C10H13ClN2O2.C10H18O5.C9H19NO5S.C8H16N4O2.C8H18N2O2.C8H17NO3.C7H6O3.C3H9NO.CH3ClO2S.2CH4.N3.Na/c1-3-4-5-6-7-8-9-10-11-12-13-14-15-16-17-18-19-20-21-26-31(36)33-27-28(2)34-32(37)29-24-22-23-25-30(29)35;1-7(6-12-11)13-10(15)8-4-2-3-5-9(8)14;1-9(2,3)14-7(11)13-8(12)15-10(4,5)6;1-7(15-16(5,12)13)6-10-8(11)14-9(2,3)4;1-6(11-12-9)5-10-7(13)14-8(2,3)4;1-6(9)5-10-7(11)12-8(2,3)4;1-6(10)5-9-7(11)12-8(2,3)4;8-6-4-2-1-3-5(6)7(9)10;1-3(5)2-4;1-5(2,3)4;;;1-3-2;/h4-5,7-8,10-11,13-14,16-17,19-20,22-25,28,35H,3,6,9,12,15,18,21,26-27H2,1-2H3,(H,33,36)(H,34,37);2-5,7,12,14H,6H2,1H3,(H,13,15);1-6H3;7H,6H2,1-5H3,(H,10,11);6H,5H2,1-4H3,(H,10,13);6H,5,9H2,1-4H3,(H,10,11);6,10H,5H2,1-4H3,(H,9,11);1-4,8H,(H,9,10);3,5H,2,4H2,1H3;1H3;2*1H4;;/q;;;;;;;;;;;;-1;+1/b5-4-,8-7-,11-10-,14-13-,17-16-,20-19-;;;;;;;;;;;;;. The van der Waals surface area contributed by atoms with Crippen molar-refractivity contribution < 1.29 is 162 Å². The molecule has 49 heteroatoms. The number of carboxylic acids is 1. The van der Waals surface area contributed by atoms with E-state index in [1.165, 1.54) is 29.2 Å². The first kappa shape index (κ1) is 159. The van der Waals surface area contributed by atoms with Crippen molar-refractivity contribution >= 4 is 102 Å². The molecule has 0 aliphatic heterocycles. The van der Waals surface area contributed by atoms with Gasteiger partial charge >= 0.3 is 72.2 Å². The smallest absolute Gasteiger partial charge is 0.507 e. The van der Waals surface area contributed by atoms with Gasteiger partial charge in [-0.3, -0.25) is 23.5 Å². The summed E-state index contributed by atoms with van der Waals surface area (Å²) in [6, 6.07) is 17.9. The first-order chi connectivity index (χ1) is 66.0. The minimum atomic E-state index is -3.50. The average molecular weight is 2180 g/mol. The van der Waals surface area contributed by atoms with Gasteiger partial charge in [0.2, 0.25) is 15.0 Å². The number of hydrogen-bond acceptors (Lipinski definition) is 31. The van der Waals surface area contributed by atoms with Crippen LogP contribution in [0.25, 0.3) is 26.4 Å². The number of ether oxygens (including phenoxy) is 7. The predicted molar refractivity (Wildman–Crippen MR) is 574 cm³/mol. The number of para-hydroxylation sites is 3. The molecule has 0 saturated carbocycles. The third-order valence-corrected chi connectivity index (χ3v) is 14.8. The molecule has 838 valence electrons. The van der Waals surface area contributed by atoms with Gasteiger partial charge in [0.1, 0.15) is 56.4 Å². The Hall–Kier alpha value is -10.9. The summed E-state index contributed by atoms with van der Waals surface area (Å²) in [4.78, 5) is 119. The number of aliphatic hydroxyl groups excluding tert-OH is 2. The van der Waals surface area contributed by atoms with Crippen molar-refractivity contribution in [3.63, 3.8) is 0 Å². The fraction of sp³-hybridized carbons (Fsp3) is 0.592. The van der Waals surface area contributed by atoms with Crippen LogP contribution in [0.2, 0.25) is 0 Å². The fourth-order valence-corrected chi connectivity index (χ4v) is 9.17. The molecule has 0 bridgehead atoms. The molecule has 7 unspecified atom stereocenters. The molecule has 0 aliphatic carbocycles. The summed E-state index contributed by atoms with van der Waals surface area (Å²) in [5.41, 5.74) is 29.0. The van der Waals surface area contributed by atoms with Crippen molar-refractivity contribution in [2.45, 2.75) is 322 Å². The van der Waals surface area contributed by atoms with Crippen LogP contribution in [0, 0.1) is 0 Å². The summed E-state index contributed by atoms with van der Waals surface area (Å²) >= 11 is 5.31. The number of rotatable bonds is 35. The Balaban J connectivity index is -0.000000162. The van der Waals surface area contributed by atoms with E-state index in [2.05, 4.69) is 145 Å². The molecule has 0 spiro atoms. The van der Waals surface area contributed by atoms with Gasteiger partial charge in [0.05, 0.1) is 48.0 Å². The summed E-state index contributed by atoms with van der Waals surface area (Å²) in [6.07, 6.45) is 29.0. The number of amides is 7. The Kier molecular flexibility index (Phi) is 97.4. The second-order valence-electron chi connectivity index (χ2n) is 36.6. The van der Waals surface area contributed by atoms with Crippen LogP contribution < -0.4 is 83.1 Å². The van der Waals surface area contributed by atoms with Crippen molar-refractivity contribution in [1.29, 1.82) is 0 Å². The van der Waals surface area contributed by atoms with Crippen LogP contribution in [0.5, 0.6) is 17.2 Å². The zero-order chi connectivity index (χ0) is 113. The Morgan fingerprint density at radius 2 is 0.741 bits per heavy atom. The van der Waals surface area contributed by atoms with Gasteiger partial charge in [-0.15, -0.1) is 0 Å². The SMILES string of the molecule is C.C.CC(C)(C)OC(=O)OC(=O)OC(C)(C)C.CC(CNC(=O)OC(C)(C)C)N=[N+]=[N-].CC(CNC(=O)OC(C)(C)C)OS(C)(=O)=O.CC(CNCl)NC(=O)c1ccccc1O.CC(N)CNC(=O)OC(C)(C)C.CC(O)CN.CC(O)CNC(=O)OC(C)(C)C.CC/C=C\C/C=C\C/C=C\C/C=C\C/C=C\C/C=C\CCC(=O)NCC(C)NC(=O)c1ccccc1O.CS(=O)(=O)Cl.O=C(O)c1ccccc1O.[N-]=[N+]=[N-].[Na+]. The van der Waals surface area contributed by atoms with Gasteiger partial charge in [-0.1, -0.05) is 143 Å². The Bertz CT molecular complexity index is 4580. The fourth-order valence-electron chi connectivity index (χ4n) is 8.28. The molecule has 0 heterocycles. The molecule has 3 aromatic carbocycles.